The molecule has 0 heterocycles. The lowest BCUT2D eigenvalue weighted by Crippen LogP contribution is -2.11. The van der Waals surface area contributed by atoms with Crippen LogP contribution in [0.5, 0.6) is 0 Å². The molecular formula is C14H22O3. The Labute approximate surface area is 103 Å². The van der Waals surface area contributed by atoms with Gasteiger partial charge in [0.2, 0.25) is 0 Å². The van der Waals surface area contributed by atoms with E-state index in [0.29, 0.717) is 19.8 Å². The van der Waals surface area contributed by atoms with Crippen LogP contribution >= 0.6 is 0 Å². The van der Waals surface area contributed by atoms with Crippen molar-refractivity contribution in [3.8, 4) is 0 Å². The maximum atomic E-state index is 8.57. The quantitative estimate of drug-likeness (QED) is 0.672. The molecule has 3 heteroatoms. The summed E-state index contributed by atoms with van der Waals surface area (Å²) in [5.41, 5.74) is 1.22. The number of aliphatic hydroxyl groups excluding tert-OH is 1. The van der Waals surface area contributed by atoms with Crippen LogP contribution in [-0.4, -0.2) is 31.5 Å². The predicted octanol–water partition coefficient (Wildman–Crippen LogP) is 2.55. The summed E-state index contributed by atoms with van der Waals surface area (Å²) in [6.07, 6.45) is 2.26. The third kappa shape index (κ3) is 5.82. The first-order valence-electron chi connectivity index (χ1n) is 6.23. The zero-order valence-corrected chi connectivity index (χ0v) is 10.5. The van der Waals surface area contributed by atoms with Crippen molar-refractivity contribution in [1.82, 2.24) is 0 Å². The summed E-state index contributed by atoms with van der Waals surface area (Å²) in [5.74, 6) is 0. The molecule has 0 saturated carbocycles. The molecule has 0 radical (unpaired) electrons. The van der Waals surface area contributed by atoms with Gasteiger partial charge in [-0.15, -0.1) is 0 Å². The van der Waals surface area contributed by atoms with Crippen LogP contribution in [0.15, 0.2) is 30.3 Å². The molecule has 1 aromatic rings. The molecule has 0 bridgehead atoms. The first kappa shape index (κ1) is 14.2. The first-order valence-corrected chi connectivity index (χ1v) is 6.23. The minimum absolute atomic E-state index is 0.0665. The second kappa shape index (κ2) is 9.16. The van der Waals surface area contributed by atoms with E-state index in [1.807, 2.05) is 18.2 Å². The Morgan fingerprint density at radius 3 is 2.53 bits per heavy atom. The summed E-state index contributed by atoms with van der Waals surface area (Å²) in [5, 5.41) is 8.57. The monoisotopic (exact) mass is 238 g/mol. The maximum Gasteiger partial charge on any atom is 0.0826 e. The van der Waals surface area contributed by atoms with Gasteiger partial charge in [0.1, 0.15) is 0 Å². The molecule has 1 N–H and O–H groups in total. The Morgan fingerprint density at radius 1 is 1.12 bits per heavy atom. The van der Waals surface area contributed by atoms with Gasteiger partial charge in [-0.1, -0.05) is 43.7 Å². The van der Waals surface area contributed by atoms with Crippen molar-refractivity contribution in [1.29, 1.82) is 0 Å². The average molecular weight is 238 g/mol. The Kier molecular flexibility index (Phi) is 7.63. The molecule has 0 saturated heterocycles. The van der Waals surface area contributed by atoms with E-state index in [-0.39, 0.29) is 12.7 Å². The van der Waals surface area contributed by atoms with Gasteiger partial charge in [-0.3, -0.25) is 0 Å². The van der Waals surface area contributed by atoms with Crippen molar-refractivity contribution in [3.05, 3.63) is 35.9 Å². The van der Waals surface area contributed by atoms with E-state index in [1.54, 1.807) is 0 Å². The lowest BCUT2D eigenvalue weighted by Gasteiger charge is -2.17. The molecule has 0 amide bonds. The molecule has 3 nitrogen and oxygen atoms in total. The van der Waals surface area contributed by atoms with Crippen LogP contribution in [0, 0.1) is 0 Å². The minimum atomic E-state index is 0.0665. The number of ether oxygens (including phenoxy) is 2. The van der Waals surface area contributed by atoms with E-state index >= 15 is 0 Å². The minimum Gasteiger partial charge on any atom is -0.394 e. The lowest BCUT2D eigenvalue weighted by molar-refractivity contribution is -0.00670. The van der Waals surface area contributed by atoms with Crippen LogP contribution in [0.25, 0.3) is 0 Å². The zero-order valence-electron chi connectivity index (χ0n) is 10.5. The van der Waals surface area contributed by atoms with Crippen molar-refractivity contribution in [2.45, 2.75) is 25.9 Å². The number of aliphatic hydroxyl groups is 1. The molecule has 0 aliphatic carbocycles. The Bertz CT molecular complexity index is 274. The van der Waals surface area contributed by atoms with E-state index in [4.69, 9.17) is 14.6 Å². The smallest absolute Gasteiger partial charge is 0.0826 e. The molecule has 1 aromatic carbocycles. The van der Waals surface area contributed by atoms with E-state index in [0.717, 1.165) is 12.8 Å². The summed E-state index contributed by atoms with van der Waals surface area (Å²) in [7, 11) is 0. The van der Waals surface area contributed by atoms with Crippen LogP contribution in [0.1, 0.15) is 31.4 Å². The van der Waals surface area contributed by atoms with Crippen LogP contribution in [-0.2, 0) is 9.47 Å². The van der Waals surface area contributed by atoms with Gasteiger partial charge >= 0.3 is 0 Å². The van der Waals surface area contributed by atoms with Gasteiger partial charge < -0.3 is 14.6 Å². The van der Waals surface area contributed by atoms with Gasteiger partial charge in [-0.05, 0) is 12.0 Å². The highest BCUT2D eigenvalue weighted by Crippen LogP contribution is 2.22. The van der Waals surface area contributed by atoms with Gasteiger partial charge in [-0.25, -0.2) is 0 Å². The van der Waals surface area contributed by atoms with Gasteiger partial charge in [0.05, 0.1) is 32.5 Å². The molecule has 0 aliphatic rings. The summed E-state index contributed by atoms with van der Waals surface area (Å²) in [4.78, 5) is 0. The summed E-state index contributed by atoms with van der Waals surface area (Å²) >= 11 is 0. The SMILES string of the molecule is CCCC(OCCOCCO)c1ccccc1. The standard InChI is InChI=1S/C14H22O3/c1-2-6-14(13-7-4-3-5-8-13)17-12-11-16-10-9-15/h3-5,7-8,14-15H,2,6,9-12H2,1H3. The fourth-order valence-electron chi connectivity index (χ4n) is 1.69. The van der Waals surface area contributed by atoms with Crippen molar-refractivity contribution in [3.63, 3.8) is 0 Å². The van der Waals surface area contributed by atoms with Gasteiger partial charge in [0.15, 0.2) is 0 Å². The van der Waals surface area contributed by atoms with Crippen molar-refractivity contribution in [2.75, 3.05) is 26.4 Å². The highest BCUT2D eigenvalue weighted by Gasteiger charge is 2.09. The summed E-state index contributed by atoms with van der Waals surface area (Å²) < 4.78 is 11.0. The normalized spacial score (nSPS) is 12.6. The Balaban J connectivity index is 2.33. The largest absolute Gasteiger partial charge is 0.394 e. The van der Waals surface area contributed by atoms with Crippen LogP contribution in [0.4, 0.5) is 0 Å². The van der Waals surface area contributed by atoms with Crippen LogP contribution in [0.2, 0.25) is 0 Å². The van der Waals surface area contributed by atoms with Gasteiger partial charge in [-0.2, -0.15) is 0 Å². The average Bonchev–Trinajstić information content (AvgIpc) is 2.38. The van der Waals surface area contributed by atoms with Gasteiger partial charge in [0, 0.05) is 0 Å². The molecule has 1 unspecified atom stereocenters. The second-order valence-electron chi connectivity index (χ2n) is 3.89. The maximum absolute atomic E-state index is 8.57. The first-order chi connectivity index (χ1) is 8.38. The Morgan fingerprint density at radius 2 is 1.88 bits per heavy atom. The number of benzene rings is 1. The van der Waals surface area contributed by atoms with E-state index in [9.17, 15) is 0 Å². The molecule has 1 rings (SSSR count). The molecule has 0 aromatic heterocycles. The van der Waals surface area contributed by atoms with E-state index in [1.165, 1.54) is 5.56 Å². The topological polar surface area (TPSA) is 38.7 Å². The second-order valence-corrected chi connectivity index (χ2v) is 3.89. The summed E-state index contributed by atoms with van der Waals surface area (Å²) in [6.45, 7) is 3.71. The van der Waals surface area contributed by atoms with Crippen molar-refractivity contribution >= 4 is 0 Å². The molecule has 0 fully saturated rings. The fourth-order valence-corrected chi connectivity index (χ4v) is 1.69. The fraction of sp³-hybridized carbons (Fsp3) is 0.571. The number of rotatable bonds is 9. The van der Waals surface area contributed by atoms with Crippen LogP contribution in [0.3, 0.4) is 0 Å². The molecule has 0 spiro atoms. The predicted molar refractivity (Wildman–Crippen MR) is 67.9 cm³/mol. The molecular weight excluding hydrogens is 216 g/mol. The number of hydrogen-bond donors (Lipinski definition) is 1. The lowest BCUT2D eigenvalue weighted by atomic mass is 10.1. The number of hydrogen-bond acceptors (Lipinski definition) is 3. The third-order valence-corrected chi connectivity index (χ3v) is 2.50. The highest BCUT2D eigenvalue weighted by atomic mass is 16.5. The van der Waals surface area contributed by atoms with Crippen LogP contribution < -0.4 is 0 Å². The third-order valence-electron chi connectivity index (χ3n) is 2.50. The Hall–Kier alpha value is -0.900. The van der Waals surface area contributed by atoms with Gasteiger partial charge in [0.25, 0.3) is 0 Å². The molecule has 1 atom stereocenters. The van der Waals surface area contributed by atoms with Crippen molar-refractivity contribution in [2.24, 2.45) is 0 Å². The van der Waals surface area contributed by atoms with E-state index < -0.39 is 0 Å². The molecule has 0 aliphatic heterocycles. The highest BCUT2D eigenvalue weighted by molar-refractivity contribution is 5.17. The van der Waals surface area contributed by atoms with E-state index in [2.05, 4.69) is 19.1 Å². The van der Waals surface area contributed by atoms with Crippen molar-refractivity contribution < 1.29 is 14.6 Å². The summed E-state index contributed by atoms with van der Waals surface area (Å²) in [6, 6.07) is 10.3. The zero-order chi connectivity index (χ0) is 12.3. The molecule has 96 valence electrons. The molecule has 17 heavy (non-hydrogen) atoms.